The van der Waals surface area contributed by atoms with Crippen LogP contribution < -0.4 is 0 Å². The molecular formula is C20H28O3. The summed E-state index contributed by atoms with van der Waals surface area (Å²) < 4.78 is 0. The number of hydrogen-bond donors (Lipinski definition) is 1. The van der Waals surface area contributed by atoms with E-state index in [1.807, 2.05) is 6.92 Å². The van der Waals surface area contributed by atoms with E-state index in [0.717, 1.165) is 37.7 Å². The van der Waals surface area contributed by atoms with Crippen LogP contribution in [0.2, 0.25) is 0 Å². The molecule has 0 aliphatic heterocycles. The topological polar surface area (TPSA) is 54.4 Å². The fourth-order valence-electron chi connectivity index (χ4n) is 6.63. The van der Waals surface area contributed by atoms with E-state index >= 15 is 0 Å². The van der Waals surface area contributed by atoms with Crippen molar-refractivity contribution >= 4 is 11.6 Å². The zero-order chi connectivity index (χ0) is 16.6. The van der Waals surface area contributed by atoms with Crippen molar-refractivity contribution in [1.82, 2.24) is 0 Å². The summed E-state index contributed by atoms with van der Waals surface area (Å²) in [5, 5.41) is 10.9. The van der Waals surface area contributed by atoms with E-state index in [1.54, 1.807) is 6.08 Å². The average molecular weight is 316 g/mol. The second-order valence-corrected chi connectivity index (χ2v) is 9.21. The quantitative estimate of drug-likeness (QED) is 0.745. The second kappa shape index (κ2) is 4.56. The van der Waals surface area contributed by atoms with Gasteiger partial charge in [-0.2, -0.15) is 0 Å². The van der Waals surface area contributed by atoms with E-state index in [1.165, 1.54) is 0 Å². The van der Waals surface area contributed by atoms with Gasteiger partial charge in [0.15, 0.2) is 11.6 Å². The zero-order valence-electron chi connectivity index (χ0n) is 14.5. The summed E-state index contributed by atoms with van der Waals surface area (Å²) in [5.74, 6) is 1.62. The Morgan fingerprint density at radius 3 is 2.48 bits per heavy atom. The number of hydrogen-bond acceptors (Lipinski definition) is 3. The zero-order valence-corrected chi connectivity index (χ0v) is 14.5. The Bertz CT molecular complexity index is 616. The average Bonchev–Trinajstić information content (AvgIpc) is 2.72. The molecule has 3 nitrogen and oxygen atoms in total. The Morgan fingerprint density at radius 2 is 1.74 bits per heavy atom. The highest BCUT2D eigenvalue weighted by molar-refractivity contribution is 6.05. The molecule has 0 aromatic carbocycles. The molecule has 3 saturated carbocycles. The van der Waals surface area contributed by atoms with Gasteiger partial charge in [0.1, 0.15) is 0 Å². The van der Waals surface area contributed by atoms with Gasteiger partial charge in [0.25, 0.3) is 0 Å². The number of carbonyl (C=O) groups is 2. The Labute approximate surface area is 138 Å². The van der Waals surface area contributed by atoms with Crippen molar-refractivity contribution in [1.29, 1.82) is 0 Å². The molecule has 4 aliphatic carbocycles. The number of ketones is 2. The Kier molecular flexibility index (Phi) is 3.09. The molecule has 0 spiro atoms. The lowest BCUT2D eigenvalue weighted by Crippen LogP contribution is -2.55. The highest BCUT2D eigenvalue weighted by Crippen LogP contribution is 2.66. The molecule has 1 N–H and O–H groups in total. The predicted octanol–water partition coefficient (Wildman–Crippen LogP) is 3.45. The third-order valence-electron chi connectivity index (χ3n) is 8.35. The molecule has 0 bridgehead atoms. The van der Waals surface area contributed by atoms with Crippen molar-refractivity contribution in [3.8, 4) is 0 Å². The van der Waals surface area contributed by atoms with Gasteiger partial charge < -0.3 is 5.11 Å². The minimum atomic E-state index is -0.606. The largest absolute Gasteiger partial charge is 0.390 e. The number of carbonyl (C=O) groups excluding carboxylic acids is 2. The van der Waals surface area contributed by atoms with Gasteiger partial charge in [0.2, 0.25) is 0 Å². The normalized spacial score (nSPS) is 52.5. The second-order valence-electron chi connectivity index (χ2n) is 9.21. The van der Waals surface area contributed by atoms with Crippen LogP contribution in [0, 0.1) is 28.6 Å². The Hall–Kier alpha value is -0.960. The van der Waals surface area contributed by atoms with Crippen molar-refractivity contribution in [3.05, 3.63) is 11.6 Å². The lowest BCUT2D eigenvalue weighted by molar-refractivity contribution is -0.140. The van der Waals surface area contributed by atoms with E-state index in [4.69, 9.17) is 0 Å². The van der Waals surface area contributed by atoms with Crippen LogP contribution in [-0.2, 0) is 9.59 Å². The summed E-state index contributed by atoms with van der Waals surface area (Å²) in [6.45, 7) is 6.45. The van der Waals surface area contributed by atoms with Gasteiger partial charge in [0.05, 0.1) is 5.60 Å². The van der Waals surface area contributed by atoms with Gasteiger partial charge in [-0.3, -0.25) is 9.59 Å². The molecule has 0 aromatic rings. The maximum absolute atomic E-state index is 12.8. The standard InChI is InChI=1S/C20H28O3/c1-18-7-4-12(21)10-16(18)17(22)11-13-14(18)5-8-19(2)15(13)6-9-20(19,3)23/h10,13-15,23H,4-9,11H2,1-3H3/t13-,14+,15+,18+,19-,20-/m0/s1. The molecule has 0 amide bonds. The first-order valence-corrected chi connectivity index (χ1v) is 9.20. The summed E-state index contributed by atoms with van der Waals surface area (Å²) in [4.78, 5) is 24.6. The minimum Gasteiger partial charge on any atom is -0.390 e. The molecule has 6 atom stereocenters. The van der Waals surface area contributed by atoms with Crippen molar-refractivity contribution in [2.45, 2.75) is 71.3 Å². The molecule has 3 heteroatoms. The number of aliphatic hydroxyl groups is 1. The van der Waals surface area contributed by atoms with Gasteiger partial charge >= 0.3 is 0 Å². The summed E-state index contributed by atoms with van der Waals surface area (Å²) in [6, 6.07) is 0. The monoisotopic (exact) mass is 316 g/mol. The van der Waals surface area contributed by atoms with Gasteiger partial charge in [-0.1, -0.05) is 13.8 Å². The van der Waals surface area contributed by atoms with Crippen LogP contribution in [0.15, 0.2) is 11.6 Å². The third kappa shape index (κ3) is 1.86. The highest BCUT2D eigenvalue weighted by atomic mass is 16.3. The minimum absolute atomic E-state index is 0.0590. The number of allylic oxidation sites excluding steroid dienone is 1. The molecule has 0 radical (unpaired) electrons. The molecule has 4 rings (SSSR count). The first-order valence-electron chi connectivity index (χ1n) is 9.20. The first kappa shape index (κ1) is 15.6. The summed E-state index contributed by atoms with van der Waals surface area (Å²) in [5.41, 5.74) is 0.0224. The molecular weight excluding hydrogens is 288 g/mol. The highest BCUT2D eigenvalue weighted by Gasteiger charge is 2.63. The first-order chi connectivity index (χ1) is 10.7. The Balaban J connectivity index is 1.75. The molecule has 0 aromatic heterocycles. The van der Waals surface area contributed by atoms with Crippen molar-refractivity contribution in [2.24, 2.45) is 28.6 Å². The molecule has 23 heavy (non-hydrogen) atoms. The predicted molar refractivity (Wildman–Crippen MR) is 87.7 cm³/mol. The van der Waals surface area contributed by atoms with Crippen LogP contribution in [-0.4, -0.2) is 22.3 Å². The van der Waals surface area contributed by atoms with Gasteiger partial charge in [0, 0.05) is 18.4 Å². The molecule has 3 fully saturated rings. The lowest BCUT2D eigenvalue weighted by atomic mass is 9.46. The van der Waals surface area contributed by atoms with E-state index in [9.17, 15) is 14.7 Å². The maximum Gasteiger partial charge on any atom is 0.159 e. The summed E-state index contributed by atoms with van der Waals surface area (Å²) in [6.07, 6.45) is 7.63. The van der Waals surface area contributed by atoms with Crippen LogP contribution in [0.4, 0.5) is 0 Å². The Morgan fingerprint density at radius 1 is 1.04 bits per heavy atom. The molecule has 4 aliphatic rings. The van der Waals surface area contributed by atoms with Crippen LogP contribution >= 0.6 is 0 Å². The van der Waals surface area contributed by atoms with Gasteiger partial charge in [-0.25, -0.2) is 0 Å². The number of rotatable bonds is 0. The van der Waals surface area contributed by atoms with Crippen molar-refractivity contribution in [2.75, 3.05) is 0 Å². The van der Waals surface area contributed by atoms with E-state index in [2.05, 4.69) is 13.8 Å². The molecule has 0 saturated heterocycles. The molecule has 0 unspecified atom stereocenters. The van der Waals surface area contributed by atoms with Crippen LogP contribution in [0.1, 0.15) is 65.7 Å². The summed E-state index contributed by atoms with van der Waals surface area (Å²) in [7, 11) is 0. The fraction of sp³-hybridized carbons (Fsp3) is 0.800. The van der Waals surface area contributed by atoms with Gasteiger partial charge in [-0.05, 0) is 73.7 Å². The SMILES string of the molecule is C[C@]12CCC(=O)C=C1C(=O)C[C@H]1[C@H]2CC[C@@]2(C)[C@@H]1CC[C@]2(C)O. The number of Topliss-reactive ketones (excluding diaryl/α,β-unsaturated/α-hetero) is 1. The van der Waals surface area contributed by atoms with Gasteiger partial charge in [-0.15, -0.1) is 0 Å². The van der Waals surface area contributed by atoms with Crippen molar-refractivity contribution < 1.29 is 14.7 Å². The van der Waals surface area contributed by atoms with Crippen LogP contribution in [0.3, 0.4) is 0 Å². The van der Waals surface area contributed by atoms with Crippen LogP contribution in [0.5, 0.6) is 0 Å². The number of fused-ring (bicyclic) bond motifs is 5. The lowest BCUT2D eigenvalue weighted by Gasteiger charge is -2.58. The molecule has 126 valence electrons. The fourth-order valence-corrected chi connectivity index (χ4v) is 6.63. The maximum atomic E-state index is 12.8. The van der Waals surface area contributed by atoms with E-state index in [-0.39, 0.29) is 22.4 Å². The van der Waals surface area contributed by atoms with Crippen LogP contribution in [0.25, 0.3) is 0 Å². The van der Waals surface area contributed by atoms with E-state index in [0.29, 0.717) is 30.6 Å². The summed E-state index contributed by atoms with van der Waals surface area (Å²) >= 11 is 0. The smallest absolute Gasteiger partial charge is 0.159 e. The van der Waals surface area contributed by atoms with Crippen molar-refractivity contribution in [3.63, 3.8) is 0 Å². The van der Waals surface area contributed by atoms with E-state index < -0.39 is 5.60 Å². The third-order valence-corrected chi connectivity index (χ3v) is 8.35. The molecule has 0 heterocycles.